The zero-order valence-corrected chi connectivity index (χ0v) is 12.5. The van der Waals surface area contributed by atoms with Crippen LogP contribution in [0.15, 0.2) is 24.3 Å². The molecule has 1 unspecified atom stereocenters. The quantitative estimate of drug-likeness (QED) is 0.624. The zero-order valence-electron chi connectivity index (χ0n) is 12.5. The van der Waals surface area contributed by atoms with Crippen molar-refractivity contribution < 1.29 is 19.8 Å². The largest absolute Gasteiger partial charge is 0.508 e. The maximum absolute atomic E-state index is 11.8. The number of rotatable bonds is 6. The SMILES string of the molecule is CC(C)(C)NCC(=O)NC(Cc1ccc(O)cc1)C(=O)O. The van der Waals surface area contributed by atoms with E-state index in [2.05, 4.69) is 10.6 Å². The van der Waals surface area contributed by atoms with Gasteiger partial charge in [0, 0.05) is 12.0 Å². The summed E-state index contributed by atoms with van der Waals surface area (Å²) in [5.41, 5.74) is 0.511. The first-order valence-corrected chi connectivity index (χ1v) is 6.72. The summed E-state index contributed by atoms with van der Waals surface area (Å²) in [5, 5.41) is 23.9. The molecule has 6 nitrogen and oxygen atoms in total. The standard InChI is InChI=1S/C15H22N2O4/c1-15(2,3)16-9-13(19)17-12(14(20)21)8-10-4-6-11(18)7-5-10/h4-7,12,16,18H,8-9H2,1-3H3,(H,17,19)(H,20,21). The minimum atomic E-state index is -1.09. The summed E-state index contributed by atoms with van der Waals surface area (Å²) in [7, 11) is 0. The lowest BCUT2D eigenvalue weighted by Gasteiger charge is -2.21. The van der Waals surface area contributed by atoms with E-state index in [1.165, 1.54) is 12.1 Å². The first-order chi connectivity index (χ1) is 9.67. The van der Waals surface area contributed by atoms with E-state index in [0.29, 0.717) is 0 Å². The second-order valence-corrected chi connectivity index (χ2v) is 5.93. The Bertz CT molecular complexity index is 491. The number of amides is 1. The van der Waals surface area contributed by atoms with Crippen molar-refractivity contribution >= 4 is 11.9 Å². The molecule has 0 heterocycles. The Balaban J connectivity index is 2.59. The minimum Gasteiger partial charge on any atom is -0.508 e. The van der Waals surface area contributed by atoms with Crippen molar-refractivity contribution in [3.05, 3.63) is 29.8 Å². The molecule has 0 radical (unpaired) electrons. The number of carboxylic acid groups (broad SMARTS) is 1. The van der Waals surface area contributed by atoms with Crippen LogP contribution in [0.3, 0.4) is 0 Å². The average Bonchev–Trinajstić information content (AvgIpc) is 2.37. The Morgan fingerprint density at radius 2 is 1.76 bits per heavy atom. The summed E-state index contributed by atoms with van der Waals surface area (Å²) in [4.78, 5) is 23.0. The number of nitrogens with one attached hydrogen (secondary N) is 2. The predicted octanol–water partition coefficient (Wildman–Crippen LogP) is 0.892. The van der Waals surface area contributed by atoms with Gasteiger partial charge in [0.15, 0.2) is 0 Å². The number of carbonyl (C=O) groups is 2. The van der Waals surface area contributed by atoms with Gasteiger partial charge in [-0.3, -0.25) is 4.79 Å². The molecular formula is C15H22N2O4. The van der Waals surface area contributed by atoms with Gasteiger partial charge in [0.1, 0.15) is 11.8 Å². The van der Waals surface area contributed by atoms with Crippen molar-refractivity contribution in [2.45, 2.75) is 38.8 Å². The maximum Gasteiger partial charge on any atom is 0.326 e. The first kappa shape index (κ1) is 17.0. The van der Waals surface area contributed by atoms with Gasteiger partial charge in [0.05, 0.1) is 6.54 Å². The molecule has 0 aliphatic rings. The van der Waals surface area contributed by atoms with Crippen LogP contribution in [-0.2, 0) is 16.0 Å². The Hall–Kier alpha value is -2.08. The van der Waals surface area contributed by atoms with E-state index in [9.17, 15) is 19.8 Å². The number of phenolic OH excluding ortho intramolecular Hbond substituents is 1. The second-order valence-electron chi connectivity index (χ2n) is 5.93. The Morgan fingerprint density at radius 3 is 2.24 bits per heavy atom. The number of phenols is 1. The van der Waals surface area contributed by atoms with E-state index in [1.54, 1.807) is 12.1 Å². The van der Waals surface area contributed by atoms with Gasteiger partial charge >= 0.3 is 5.97 Å². The van der Waals surface area contributed by atoms with Gasteiger partial charge in [0.25, 0.3) is 0 Å². The molecule has 1 aromatic carbocycles. The number of hydrogen-bond donors (Lipinski definition) is 4. The van der Waals surface area contributed by atoms with Gasteiger partial charge in [-0.2, -0.15) is 0 Å². The molecule has 0 fully saturated rings. The summed E-state index contributed by atoms with van der Waals surface area (Å²) in [6.45, 7) is 5.82. The van der Waals surface area contributed by atoms with Crippen molar-refractivity contribution in [2.75, 3.05) is 6.54 Å². The minimum absolute atomic E-state index is 0.0584. The topological polar surface area (TPSA) is 98.7 Å². The Kier molecular flexibility index (Phi) is 5.72. The summed E-state index contributed by atoms with van der Waals surface area (Å²) in [5.74, 6) is -1.34. The molecule has 0 saturated heterocycles. The van der Waals surface area contributed by atoms with Gasteiger partial charge in [-0.05, 0) is 38.5 Å². The van der Waals surface area contributed by atoms with Crippen molar-refractivity contribution in [2.24, 2.45) is 0 Å². The molecule has 0 bridgehead atoms. The number of aliphatic carboxylic acids is 1. The van der Waals surface area contributed by atoms with Crippen LogP contribution in [0.4, 0.5) is 0 Å². The molecule has 0 aliphatic carbocycles. The third-order valence-electron chi connectivity index (χ3n) is 2.79. The Morgan fingerprint density at radius 1 is 1.19 bits per heavy atom. The fourth-order valence-corrected chi connectivity index (χ4v) is 1.66. The van der Waals surface area contributed by atoms with Crippen LogP contribution in [-0.4, -0.2) is 40.2 Å². The summed E-state index contributed by atoms with van der Waals surface area (Å²) in [6, 6.07) is 5.23. The Labute approximate surface area is 124 Å². The first-order valence-electron chi connectivity index (χ1n) is 6.72. The van der Waals surface area contributed by atoms with E-state index < -0.39 is 12.0 Å². The van der Waals surface area contributed by atoms with Crippen molar-refractivity contribution in [3.63, 3.8) is 0 Å². The highest BCUT2D eigenvalue weighted by Crippen LogP contribution is 2.11. The van der Waals surface area contributed by atoms with E-state index >= 15 is 0 Å². The highest BCUT2D eigenvalue weighted by Gasteiger charge is 2.21. The molecule has 1 amide bonds. The van der Waals surface area contributed by atoms with Gasteiger partial charge in [0.2, 0.25) is 5.91 Å². The van der Waals surface area contributed by atoms with E-state index in [1.807, 2.05) is 20.8 Å². The van der Waals surface area contributed by atoms with Crippen LogP contribution in [0.2, 0.25) is 0 Å². The van der Waals surface area contributed by atoms with Crippen LogP contribution in [0.5, 0.6) is 5.75 Å². The lowest BCUT2D eigenvalue weighted by molar-refractivity contribution is -0.141. The van der Waals surface area contributed by atoms with Crippen LogP contribution >= 0.6 is 0 Å². The predicted molar refractivity (Wildman–Crippen MR) is 79.1 cm³/mol. The zero-order chi connectivity index (χ0) is 16.0. The fraction of sp³-hybridized carbons (Fsp3) is 0.467. The number of hydrogen-bond acceptors (Lipinski definition) is 4. The molecule has 21 heavy (non-hydrogen) atoms. The summed E-state index contributed by atoms with van der Waals surface area (Å²) < 4.78 is 0. The van der Waals surface area contributed by atoms with Crippen molar-refractivity contribution in [3.8, 4) is 5.75 Å². The molecular weight excluding hydrogens is 272 g/mol. The molecule has 0 aromatic heterocycles. The average molecular weight is 294 g/mol. The number of carboxylic acids is 1. The molecule has 1 aromatic rings. The van der Waals surface area contributed by atoms with Crippen LogP contribution in [0, 0.1) is 0 Å². The fourth-order valence-electron chi connectivity index (χ4n) is 1.66. The molecule has 0 saturated carbocycles. The number of carbonyl (C=O) groups excluding carboxylic acids is 1. The molecule has 0 spiro atoms. The highest BCUT2D eigenvalue weighted by atomic mass is 16.4. The molecule has 1 atom stereocenters. The smallest absolute Gasteiger partial charge is 0.326 e. The maximum atomic E-state index is 11.8. The van der Waals surface area contributed by atoms with Gasteiger partial charge in [-0.15, -0.1) is 0 Å². The molecule has 6 heteroatoms. The highest BCUT2D eigenvalue weighted by molar-refractivity contribution is 5.84. The second kappa shape index (κ2) is 7.08. The van der Waals surface area contributed by atoms with Crippen LogP contribution in [0.25, 0.3) is 0 Å². The molecule has 1 rings (SSSR count). The van der Waals surface area contributed by atoms with Gasteiger partial charge in [-0.25, -0.2) is 4.79 Å². The normalized spacial score (nSPS) is 12.7. The lowest BCUT2D eigenvalue weighted by Crippen LogP contribution is -2.48. The lowest BCUT2D eigenvalue weighted by atomic mass is 10.1. The van der Waals surface area contributed by atoms with Gasteiger partial charge < -0.3 is 20.8 Å². The third kappa shape index (κ3) is 6.76. The van der Waals surface area contributed by atoms with Crippen LogP contribution < -0.4 is 10.6 Å². The van der Waals surface area contributed by atoms with Crippen molar-refractivity contribution in [1.82, 2.24) is 10.6 Å². The van der Waals surface area contributed by atoms with E-state index in [0.717, 1.165) is 5.56 Å². The van der Waals surface area contributed by atoms with E-state index in [-0.39, 0.29) is 30.2 Å². The van der Waals surface area contributed by atoms with Crippen molar-refractivity contribution in [1.29, 1.82) is 0 Å². The molecule has 4 N–H and O–H groups in total. The van der Waals surface area contributed by atoms with Gasteiger partial charge in [-0.1, -0.05) is 12.1 Å². The summed E-state index contributed by atoms with van der Waals surface area (Å²) in [6.07, 6.45) is 0.164. The summed E-state index contributed by atoms with van der Waals surface area (Å²) >= 11 is 0. The monoisotopic (exact) mass is 294 g/mol. The van der Waals surface area contributed by atoms with Crippen LogP contribution in [0.1, 0.15) is 26.3 Å². The number of benzene rings is 1. The number of aromatic hydroxyl groups is 1. The third-order valence-corrected chi connectivity index (χ3v) is 2.79. The molecule has 0 aliphatic heterocycles. The van der Waals surface area contributed by atoms with E-state index in [4.69, 9.17) is 0 Å². The molecule has 116 valence electrons.